The van der Waals surface area contributed by atoms with Gasteiger partial charge >= 0.3 is 6.01 Å². The Morgan fingerprint density at radius 2 is 1.80 bits per heavy atom. The Labute approximate surface area is 241 Å². The predicted octanol–water partition coefficient (Wildman–Crippen LogP) is 4.50. The molecule has 9 heteroatoms. The zero-order valence-corrected chi connectivity index (χ0v) is 24.3. The highest BCUT2D eigenvalue weighted by Crippen LogP contribution is 2.36. The zero-order valence-electron chi connectivity index (χ0n) is 24.3. The van der Waals surface area contributed by atoms with E-state index in [4.69, 9.17) is 14.7 Å². The number of carbonyl (C=O) groups excluding carboxylic acids is 1. The van der Waals surface area contributed by atoms with Crippen molar-refractivity contribution in [3.05, 3.63) is 65.6 Å². The van der Waals surface area contributed by atoms with Crippen LogP contribution >= 0.6 is 0 Å². The highest BCUT2D eigenvalue weighted by atomic mass is 19.1. The smallest absolute Gasteiger partial charge is 0.318 e. The van der Waals surface area contributed by atoms with Gasteiger partial charge in [0.1, 0.15) is 12.4 Å². The molecule has 0 radical (unpaired) electrons. The van der Waals surface area contributed by atoms with Crippen molar-refractivity contribution in [3.8, 4) is 6.01 Å². The molecule has 0 saturated carbocycles. The van der Waals surface area contributed by atoms with E-state index in [2.05, 4.69) is 78.6 Å². The van der Waals surface area contributed by atoms with Gasteiger partial charge in [-0.15, -0.1) is 0 Å². The van der Waals surface area contributed by atoms with Gasteiger partial charge in [-0.05, 0) is 63.7 Å². The van der Waals surface area contributed by atoms with Crippen LogP contribution in [0.15, 0.2) is 48.8 Å². The lowest BCUT2D eigenvalue weighted by Gasteiger charge is -2.38. The maximum atomic E-state index is 13.5. The number of anilines is 2. The summed E-state index contributed by atoms with van der Waals surface area (Å²) in [5.74, 6) is -0.675. The number of nitrogens with zero attached hydrogens (tertiary/aromatic N) is 6. The molecule has 2 aromatic carbocycles. The monoisotopic (exact) mass is 558 g/mol. The van der Waals surface area contributed by atoms with E-state index in [0.29, 0.717) is 45.3 Å². The molecule has 0 bridgehead atoms. The molecule has 4 heterocycles. The van der Waals surface area contributed by atoms with Crippen LogP contribution in [-0.4, -0.2) is 84.1 Å². The Morgan fingerprint density at radius 1 is 1.05 bits per heavy atom. The number of ether oxygens (including phenoxy) is 1. The Hall–Kier alpha value is -3.72. The molecule has 1 atom stereocenters. The van der Waals surface area contributed by atoms with Gasteiger partial charge in [-0.3, -0.25) is 9.69 Å². The normalized spacial score (nSPS) is 21.3. The van der Waals surface area contributed by atoms with Crippen molar-refractivity contribution >= 4 is 28.2 Å². The molecule has 1 unspecified atom stereocenters. The van der Waals surface area contributed by atoms with Crippen LogP contribution in [0.2, 0.25) is 0 Å². The Kier molecular flexibility index (Phi) is 7.32. The summed E-state index contributed by atoms with van der Waals surface area (Å²) in [6.07, 6.45) is 3.03. The molecule has 6 rings (SSSR count). The molecule has 8 nitrogen and oxygen atoms in total. The molecule has 3 aromatic rings. The molecule has 2 saturated heterocycles. The fourth-order valence-corrected chi connectivity index (χ4v) is 6.54. The zero-order chi connectivity index (χ0) is 28.7. The molecule has 0 spiro atoms. The van der Waals surface area contributed by atoms with Gasteiger partial charge < -0.3 is 19.4 Å². The number of amides is 1. The number of piperazine rings is 1. The third-order valence-corrected chi connectivity index (χ3v) is 9.20. The number of halogens is 1. The van der Waals surface area contributed by atoms with Gasteiger partial charge in [0.15, 0.2) is 5.83 Å². The first-order valence-electron chi connectivity index (χ1n) is 14.6. The van der Waals surface area contributed by atoms with Gasteiger partial charge in [-0.2, -0.15) is 9.97 Å². The summed E-state index contributed by atoms with van der Waals surface area (Å²) in [4.78, 5) is 30.6. The summed E-state index contributed by atoms with van der Waals surface area (Å²) in [7, 11) is 2.15. The van der Waals surface area contributed by atoms with E-state index in [9.17, 15) is 9.18 Å². The number of rotatable bonds is 6. The van der Waals surface area contributed by atoms with Gasteiger partial charge in [0.25, 0.3) is 5.91 Å². The minimum Gasteiger partial charge on any atom is -0.461 e. The van der Waals surface area contributed by atoms with Gasteiger partial charge in [-0.1, -0.05) is 36.9 Å². The van der Waals surface area contributed by atoms with Crippen LogP contribution < -0.4 is 14.5 Å². The maximum Gasteiger partial charge on any atom is 0.318 e. The van der Waals surface area contributed by atoms with Crippen molar-refractivity contribution in [1.82, 2.24) is 19.8 Å². The molecule has 1 aromatic heterocycles. The van der Waals surface area contributed by atoms with Crippen molar-refractivity contribution in [3.63, 3.8) is 0 Å². The van der Waals surface area contributed by atoms with E-state index in [1.165, 1.54) is 26.9 Å². The molecule has 3 aliphatic heterocycles. The average molecular weight is 559 g/mol. The number of fused-ring (bicyclic) bond motifs is 2. The number of likely N-dealkylation sites (N-methyl/N-ethyl adjacent to an activating group) is 1. The molecular formula is C32H39FN6O2. The third-order valence-electron chi connectivity index (χ3n) is 9.20. The predicted molar refractivity (Wildman–Crippen MR) is 160 cm³/mol. The van der Waals surface area contributed by atoms with E-state index in [1.807, 2.05) is 0 Å². The molecular weight excluding hydrogens is 519 g/mol. The van der Waals surface area contributed by atoms with Crippen LogP contribution in [-0.2, 0) is 17.8 Å². The standard InChI is InChI=1S/C32H39FN6O2/c1-22-8-5-9-24-10-6-11-27(28(22)24)39-15-12-25-26(20-39)34-31(41-21-32(3)13-7-14-36(32)4)35-29(25)37-16-18-38(19-17-37)30(40)23(2)33/h5-6,8-11H,2,7,12-21H2,1,3-4H3. The molecule has 3 aliphatic rings. The Balaban J connectivity index is 1.32. The van der Waals surface area contributed by atoms with Crippen LogP contribution in [0.1, 0.15) is 36.6 Å². The highest BCUT2D eigenvalue weighted by molar-refractivity contribution is 5.97. The lowest BCUT2D eigenvalue weighted by Crippen LogP contribution is -2.49. The average Bonchev–Trinajstić information content (AvgIpc) is 3.32. The van der Waals surface area contributed by atoms with Crippen LogP contribution in [0, 0.1) is 6.92 Å². The van der Waals surface area contributed by atoms with Crippen molar-refractivity contribution < 1.29 is 13.9 Å². The fraction of sp³-hybridized carbons (Fsp3) is 0.469. The first kappa shape index (κ1) is 27.4. The maximum absolute atomic E-state index is 13.5. The van der Waals surface area contributed by atoms with E-state index in [0.717, 1.165) is 49.4 Å². The van der Waals surface area contributed by atoms with E-state index in [-0.39, 0.29) is 5.54 Å². The van der Waals surface area contributed by atoms with E-state index < -0.39 is 11.7 Å². The van der Waals surface area contributed by atoms with E-state index in [1.54, 1.807) is 0 Å². The number of likely N-dealkylation sites (tertiary alicyclic amines) is 1. The number of hydrogen-bond donors (Lipinski definition) is 0. The van der Waals surface area contributed by atoms with Crippen LogP contribution in [0.5, 0.6) is 6.01 Å². The second kappa shape index (κ2) is 10.9. The lowest BCUT2D eigenvalue weighted by atomic mass is 9.99. The van der Waals surface area contributed by atoms with Gasteiger partial charge in [-0.25, -0.2) is 4.39 Å². The number of carbonyl (C=O) groups is 1. The molecule has 216 valence electrons. The summed E-state index contributed by atoms with van der Waals surface area (Å²) in [5, 5.41) is 2.51. The van der Waals surface area contributed by atoms with Crippen molar-refractivity contribution in [2.24, 2.45) is 0 Å². The summed E-state index contributed by atoms with van der Waals surface area (Å²) < 4.78 is 19.9. The van der Waals surface area contributed by atoms with Crippen LogP contribution in [0.4, 0.5) is 15.9 Å². The SMILES string of the molecule is C=C(F)C(=O)N1CCN(c2nc(OCC3(C)CCCN3C)nc3c2CCN(c2cccc4cccc(C)c24)C3)CC1. The van der Waals surface area contributed by atoms with Crippen molar-refractivity contribution in [2.45, 2.75) is 45.2 Å². The first-order valence-corrected chi connectivity index (χ1v) is 14.6. The molecule has 0 aliphatic carbocycles. The van der Waals surface area contributed by atoms with E-state index >= 15 is 0 Å². The number of aryl methyl sites for hydroxylation is 1. The minimum atomic E-state index is -0.914. The number of aromatic nitrogens is 2. The number of benzene rings is 2. The fourth-order valence-electron chi connectivity index (χ4n) is 6.54. The van der Waals surface area contributed by atoms with Gasteiger partial charge in [0.05, 0.1) is 17.8 Å². The Bertz CT molecular complexity index is 1480. The summed E-state index contributed by atoms with van der Waals surface area (Å²) in [6.45, 7) is 12.6. The van der Waals surface area contributed by atoms with Gasteiger partial charge in [0.2, 0.25) is 0 Å². The topological polar surface area (TPSA) is 65.0 Å². The minimum absolute atomic E-state index is 0.0489. The largest absolute Gasteiger partial charge is 0.461 e. The molecule has 2 fully saturated rings. The summed E-state index contributed by atoms with van der Waals surface area (Å²) >= 11 is 0. The highest BCUT2D eigenvalue weighted by Gasteiger charge is 2.36. The lowest BCUT2D eigenvalue weighted by molar-refractivity contribution is -0.128. The first-order chi connectivity index (χ1) is 19.7. The van der Waals surface area contributed by atoms with Crippen LogP contribution in [0.25, 0.3) is 10.8 Å². The second-order valence-corrected chi connectivity index (χ2v) is 11.9. The molecule has 0 N–H and O–H groups in total. The molecule has 1 amide bonds. The van der Waals surface area contributed by atoms with Crippen molar-refractivity contribution in [2.75, 3.05) is 62.7 Å². The molecule has 41 heavy (non-hydrogen) atoms. The quantitative estimate of drug-likeness (QED) is 0.413. The third kappa shape index (κ3) is 5.23. The van der Waals surface area contributed by atoms with Gasteiger partial charge in [0, 0.05) is 49.4 Å². The Morgan fingerprint density at radius 3 is 2.51 bits per heavy atom. The summed E-state index contributed by atoms with van der Waals surface area (Å²) in [6, 6.07) is 13.3. The number of hydrogen-bond acceptors (Lipinski definition) is 7. The van der Waals surface area contributed by atoms with Crippen LogP contribution in [0.3, 0.4) is 0 Å². The second-order valence-electron chi connectivity index (χ2n) is 11.9. The van der Waals surface area contributed by atoms with Crippen molar-refractivity contribution in [1.29, 1.82) is 0 Å². The summed E-state index contributed by atoms with van der Waals surface area (Å²) in [5.41, 5.74) is 4.53.